The zero-order chi connectivity index (χ0) is 17.1. The first-order valence-electron chi connectivity index (χ1n) is 7.81. The molecule has 0 amide bonds. The zero-order valence-electron chi connectivity index (χ0n) is 13.5. The minimum absolute atomic E-state index is 0.550. The summed E-state index contributed by atoms with van der Waals surface area (Å²) >= 11 is 3.16. The third kappa shape index (κ3) is 3.81. The molecular formula is C19H15N3OS2. The van der Waals surface area contributed by atoms with Gasteiger partial charge in [0.05, 0.1) is 5.69 Å². The number of hydrogen-bond acceptors (Lipinski definition) is 6. The van der Waals surface area contributed by atoms with E-state index in [0.29, 0.717) is 16.9 Å². The maximum Gasteiger partial charge on any atom is 0.277 e. The SMILES string of the molecule is Cc1cccc(-c2nnc(SCc3csc(-c4ccccc4)n3)o2)c1. The molecule has 2 aromatic heterocycles. The number of thiazole rings is 1. The van der Waals surface area contributed by atoms with Gasteiger partial charge in [0, 0.05) is 22.3 Å². The fraction of sp³-hybridized carbons (Fsp3) is 0.105. The van der Waals surface area contributed by atoms with E-state index in [-0.39, 0.29) is 0 Å². The van der Waals surface area contributed by atoms with Crippen LogP contribution in [0.5, 0.6) is 0 Å². The van der Waals surface area contributed by atoms with Crippen LogP contribution in [-0.4, -0.2) is 15.2 Å². The quantitative estimate of drug-likeness (QED) is 0.440. The van der Waals surface area contributed by atoms with Crippen LogP contribution in [0.25, 0.3) is 22.0 Å². The van der Waals surface area contributed by atoms with Crippen LogP contribution in [0.15, 0.2) is 69.6 Å². The number of hydrogen-bond donors (Lipinski definition) is 0. The Bertz CT molecular complexity index is 979. The molecule has 0 aliphatic rings. The first-order chi connectivity index (χ1) is 12.3. The highest BCUT2D eigenvalue weighted by Crippen LogP contribution is 2.29. The molecule has 4 nitrogen and oxygen atoms in total. The lowest BCUT2D eigenvalue weighted by Crippen LogP contribution is -1.82. The molecule has 4 aromatic rings. The normalized spacial score (nSPS) is 10.9. The Morgan fingerprint density at radius 1 is 1.00 bits per heavy atom. The van der Waals surface area contributed by atoms with Gasteiger partial charge in [0.1, 0.15) is 5.01 Å². The summed E-state index contributed by atoms with van der Waals surface area (Å²) in [4.78, 5) is 4.68. The number of nitrogens with zero attached hydrogens (tertiary/aromatic N) is 3. The summed E-state index contributed by atoms with van der Waals surface area (Å²) in [6.45, 7) is 2.04. The van der Waals surface area contributed by atoms with E-state index in [4.69, 9.17) is 4.42 Å². The molecule has 2 heterocycles. The van der Waals surface area contributed by atoms with Gasteiger partial charge in [0.25, 0.3) is 5.22 Å². The van der Waals surface area contributed by atoms with Gasteiger partial charge in [0.2, 0.25) is 5.89 Å². The second-order valence-electron chi connectivity index (χ2n) is 5.54. The zero-order valence-corrected chi connectivity index (χ0v) is 15.2. The summed E-state index contributed by atoms with van der Waals surface area (Å²) in [5.74, 6) is 1.26. The lowest BCUT2D eigenvalue weighted by atomic mass is 10.1. The van der Waals surface area contributed by atoms with E-state index in [1.165, 1.54) is 17.3 Å². The second-order valence-corrected chi connectivity index (χ2v) is 7.33. The number of aryl methyl sites for hydroxylation is 1. The molecule has 0 spiro atoms. The van der Waals surface area contributed by atoms with Crippen molar-refractivity contribution in [1.82, 2.24) is 15.2 Å². The van der Waals surface area contributed by atoms with Gasteiger partial charge in [-0.05, 0) is 19.1 Å². The standard InChI is InChI=1S/C19H15N3OS2/c1-13-6-5-9-15(10-13)17-21-22-19(23-17)25-12-16-11-24-18(20-16)14-7-3-2-4-8-14/h2-11H,12H2,1H3. The van der Waals surface area contributed by atoms with Crippen molar-refractivity contribution >= 4 is 23.1 Å². The third-order valence-corrected chi connectivity index (χ3v) is 5.38. The van der Waals surface area contributed by atoms with Crippen LogP contribution in [0.2, 0.25) is 0 Å². The predicted molar refractivity (Wildman–Crippen MR) is 102 cm³/mol. The van der Waals surface area contributed by atoms with E-state index in [1.807, 2.05) is 49.4 Å². The van der Waals surface area contributed by atoms with Crippen LogP contribution in [0.1, 0.15) is 11.3 Å². The molecule has 25 heavy (non-hydrogen) atoms. The molecule has 0 N–H and O–H groups in total. The van der Waals surface area contributed by atoms with E-state index >= 15 is 0 Å². The molecule has 4 rings (SSSR count). The fourth-order valence-electron chi connectivity index (χ4n) is 2.39. The highest BCUT2D eigenvalue weighted by atomic mass is 32.2. The average molecular weight is 365 g/mol. The van der Waals surface area contributed by atoms with Gasteiger partial charge < -0.3 is 4.42 Å². The summed E-state index contributed by atoms with van der Waals surface area (Å²) < 4.78 is 5.75. The summed E-state index contributed by atoms with van der Waals surface area (Å²) in [6, 6.07) is 18.2. The van der Waals surface area contributed by atoms with Gasteiger partial charge in [-0.3, -0.25) is 0 Å². The van der Waals surface area contributed by atoms with Gasteiger partial charge in [-0.1, -0.05) is 59.8 Å². The Hall–Kier alpha value is -2.44. The van der Waals surface area contributed by atoms with Crippen molar-refractivity contribution in [3.63, 3.8) is 0 Å². The Morgan fingerprint density at radius 2 is 1.84 bits per heavy atom. The molecule has 0 saturated carbocycles. The Balaban J connectivity index is 1.43. The van der Waals surface area contributed by atoms with E-state index in [1.54, 1.807) is 11.3 Å². The highest BCUT2D eigenvalue weighted by Gasteiger charge is 2.11. The van der Waals surface area contributed by atoms with Crippen LogP contribution in [0.3, 0.4) is 0 Å². The molecule has 0 fully saturated rings. The Kier molecular flexibility index (Phi) is 4.63. The van der Waals surface area contributed by atoms with Crippen LogP contribution in [0.4, 0.5) is 0 Å². The van der Waals surface area contributed by atoms with Gasteiger partial charge >= 0.3 is 0 Å². The van der Waals surface area contributed by atoms with Gasteiger partial charge in [-0.2, -0.15) is 0 Å². The minimum atomic E-state index is 0.550. The molecule has 6 heteroatoms. The molecule has 0 aliphatic carbocycles. The van der Waals surface area contributed by atoms with Crippen molar-refractivity contribution in [3.05, 3.63) is 71.2 Å². The van der Waals surface area contributed by atoms with E-state index < -0.39 is 0 Å². The highest BCUT2D eigenvalue weighted by molar-refractivity contribution is 7.98. The van der Waals surface area contributed by atoms with Crippen LogP contribution in [-0.2, 0) is 5.75 Å². The summed E-state index contributed by atoms with van der Waals surface area (Å²) in [5.41, 5.74) is 4.27. The average Bonchev–Trinajstić information content (AvgIpc) is 3.30. The van der Waals surface area contributed by atoms with E-state index in [2.05, 4.69) is 32.7 Å². The summed E-state index contributed by atoms with van der Waals surface area (Å²) in [5, 5.41) is 11.9. The van der Waals surface area contributed by atoms with Crippen molar-refractivity contribution in [1.29, 1.82) is 0 Å². The molecule has 2 aromatic carbocycles. The Labute approximate surface area is 154 Å². The number of benzene rings is 2. The lowest BCUT2D eigenvalue weighted by Gasteiger charge is -1.96. The number of aromatic nitrogens is 3. The van der Waals surface area contributed by atoms with Crippen LogP contribution < -0.4 is 0 Å². The minimum Gasteiger partial charge on any atom is -0.411 e. The number of rotatable bonds is 5. The number of thioether (sulfide) groups is 1. The molecule has 124 valence electrons. The van der Waals surface area contributed by atoms with Gasteiger partial charge in [-0.15, -0.1) is 21.5 Å². The summed E-state index contributed by atoms with van der Waals surface area (Å²) in [6.07, 6.45) is 0. The van der Waals surface area contributed by atoms with Gasteiger partial charge in [0.15, 0.2) is 0 Å². The molecule has 0 bridgehead atoms. The molecule has 0 saturated heterocycles. The maximum absolute atomic E-state index is 5.75. The molecule has 0 unspecified atom stereocenters. The first-order valence-corrected chi connectivity index (χ1v) is 9.67. The Morgan fingerprint density at radius 3 is 2.68 bits per heavy atom. The van der Waals surface area contributed by atoms with Crippen LogP contribution in [0, 0.1) is 6.92 Å². The van der Waals surface area contributed by atoms with Crippen molar-refractivity contribution in [2.24, 2.45) is 0 Å². The third-order valence-electron chi connectivity index (χ3n) is 3.59. The van der Waals surface area contributed by atoms with E-state index in [9.17, 15) is 0 Å². The molecule has 0 radical (unpaired) electrons. The topological polar surface area (TPSA) is 51.8 Å². The van der Waals surface area contributed by atoms with Crippen molar-refractivity contribution in [2.45, 2.75) is 17.9 Å². The predicted octanol–water partition coefficient (Wildman–Crippen LogP) is 5.46. The van der Waals surface area contributed by atoms with E-state index in [0.717, 1.165) is 21.8 Å². The smallest absolute Gasteiger partial charge is 0.277 e. The van der Waals surface area contributed by atoms with Crippen LogP contribution >= 0.6 is 23.1 Å². The first kappa shape index (κ1) is 16.1. The van der Waals surface area contributed by atoms with Gasteiger partial charge in [-0.25, -0.2) is 4.98 Å². The van der Waals surface area contributed by atoms with Crippen molar-refractivity contribution in [2.75, 3.05) is 0 Å². The second kappa shape index (κ2) is 7.21. The lowest BCUT2D eigenvalue weighted by molar-refractivity contribution is 0.466. The van der Waals surface area contributed by atoms with Crippen molar-refractivity contribution in [3.8, 4) is 22.0 Å². The fourth-order valence-corrected chi connectivity index (χ4v) is 3.97. The monoisotopic (exact) mass is 365 g/mol. The molecule has 0 atom stereocenters. The molecular weight excluding hydrogens is 350 g/mol. The largest absolute Gasteiger partial charge is 0.411 e. The summed E-state index contributed by atoms with van der Waals surface area (Å²) in [7, 11) is 0. The van der Waals surface area contributed by atoms with Crippen molar-refractivity contribution < 1.29 is 4.42 Å². The maximum atomic E-state index is 5.75. The molecule has 0 aliphatic heterocycles.